The number of carbonyl (C=O) groups excluding carboxylic acids is 2. The Morgan fingerprint density at radius 2 is 1.50 bits per heavy atom. The molecule has 1 heterocycles. The van der Waals surface area contributed by atoms with Gasteiger partial charge in [-0.2, -0.15) is 0 Å². The average molecular weight is 323 g/mol. The highest BCUT2D eigenvalue weighted by Crippen LogP contribution is 2.35. The molecular formula is C20H21NO3. The monoisotopic (exact) mass is 323 g/mol. The Balaban J connectivity index is 2.05. The number of para-hydroxylation sites is 2. The zero-order valence-corrected chi connectivity index (χ0v) is 13.8. The van der Waals surface area contributed by atoms with Crippen molar-refractivity contribution in [2.75, 3.05) is 11.5 Å². The maximum atomic E-state index is 12.9. The Bertz CT molecular complexity index is 707. The molecule has 1 amide bonds. The molecule has 0 fully saturated rings. The van der Waals surface area contributed by atoms with Crippen molar-refractivity contribution >= 4 is 23.3 Å². The lowest BCUT2D eigenvalue weighted by Gasteiger charge is -2.29. The normalized spacial score (nSPS) is 13.3. The van der Waals surface area contributed by atoms with Crippen molar-refractivity contribution in [3.05, 3.63) is 59.7 Å². The molecule has 0 saturated heterocycles. The van der Waals surface area contributed by atoms with E-state index >= 15 is 0 Å². The lowest BCUT2D eigenvalue weighted by atomic mass is 9.97. The highest BCUT2D eigenvalue weighted by atomic mass is 16.5. The predicted molar refractivity (Wildman–Crippen MR) is 93.3 cm³/mol. The molecule has 0 unspecified atom stereocenters. The highest BCUT2D eigenvalue weighted by molar-refractivity contribution is 6.08. The number of carbonyl (C=O) groups is 2. The summed E-state index contributed by atoms with van der Waals surface area (Å²) in [5.74, 6) is -0.741. The smallest absolute Gasteiger partial charge is 0.315 e. The van der Waals surface area contributed by atoms with E-state index in [-0.39, 0.29) is 18.9 Å². The summed E-state index contributed by atoms with van der Waals surface area (Å²) in [6.07, 6.45) is 2.60. The number of rotatable bonds is 3. The average Bonchev–Trinajstić information content (AvgIpc) is 2.55. The second-order valence-corrected chi connectivity index (χ2v) is 5.82. The molecule has 4 nitrogen and oxygen atoms in total. The van der Waals surface area contributed by atoms with Crippen LogP contribution in [0.15, 0.2) is 48.5 Å². The minimum atomic E-state index is -0.487. The van der Waals surface area contributed by atoms with Gasteiger partial charge in [-0.05, 0) is 49.4 Å². The number of hydrogen-bond donors (Lipinski definition) is 0. The first-order valence-corrected chi connectivity index (χ1v) is 8.35. The van der Waals surface area contributed by atoms with Crippen molar-refractivity contribution in [2.24, 2.45) is 0 Å². The molecule has 2 aromatic rings. The molecule has 2 aromatic carbocycles. The first-order chi connectivity index (χ1) is 11.7. The van der Waals surface area contributed by atoms with E-state index in [4.69, 9.17) is 4.74 Å². The SMILES string of the molecule is CCOC(=O)CC(=O)N1c2ccccc2CCCc2ccccc21. The highest BCUT2D eigenvalue weighted by Gasteiger charge is 2.26. The van der Waals surface area contributed by atoms with Crippen molar-refractivity contribution < 1.29 is 14.3 Å². The number of amides is 1. The summed E-state index contributed by atoms with van der Waals surface area (Å²) in [5.41, 5.74) is 3.98. The van der Waals surface area contributed by atoms with Crippen LogP contribution < -0.4 is 4.90 Å². The summed E-state index contributed by atoms with van der Waals surface area (Å²) in [7, 11) is 0. The minimum absolute atomic E-state index is 0.253. The topological polar surface area (TPSA) is 46.6 Å². The van der Waals surface area contributed by atoms with Crippen LogP contribution in [0.2, 0.25) is 0 Å². The Labute approximate surface area is 142 Å². The fourth-order valence-electron chi connectivity index (χ4n) is 3.16. The fraction of sp³-hybridized carbons (Fsp3) is 0.300. The number of anilines is 2. The molecule has 0 bridgehead atoms. The Morgan fingerprint density at radius 3 is 2.04 bits per heavy atom. The first-order valence-electron chi connectivity index (χ1n) is 8.35. The number of nitrogens with zero attached hydrogens (tertiary/aromatic N) is 1. The molecule has 0 spiro atoms. The van der Waals surface area contributed by atoms with Crippen LogP contribution in [0, 0.1) is 0 Å². The van der Waals surface area contributed by atoms with E-state index < -0.39 is 5.97 Å². The van der Waals surface area contributed by atoms with E-state index in [2.05, 4.69) is 0 Å². The van der Waals surface area contributed by atoms with Gasteiger partial charge in [0.2, 0.25) is 5.91 Å². The molecule has 0 N–H and O–H groups in total. The number of aryl methyl sites for hydroxylation is 2. The lowest BCUT2D eigenvalue weighted by Crippen LogP contribution is -2.31. The van der Waals surface area contributed by atoms with Crippen LogP contribution >= 0.6 is 0 Å². The molecule has 0 radical (unpaired) electrons. The number of esters is 1. The summed E-state index contributed by atoms with van der Waals surface area (Å²) >= 11 is 0. The summed E-state index contributed by atoms with van der Waals surface area (Å²) in [6.45, 7) is 2.02. The van der Waals surface area contributed by atoms with Gasteiger partial charge >= 0.3 is 5.97 Å². The van der Waals surface area contributed by atoms with Crippen molar-refractivity contribution in [2.45, 2.75) is 32.6 Å². The van der Waals surface area contributed by atoms with E-state index in [0.29, 0.717) is 0 Å². The van der Waals surface area contributed by atoms with Crippen LogP contribution in [0.25, 0.3) is 0 Å². The standard InChI is InChI=1S/C20H21NO3/c1-2-24-20(23)14-19(22)21-17-12-5-3-8-15(17)10-7-11-16-9-4-6-13-18(16)21/h3-6,8-9,12-13H,2,7,10-11,14H2,1H3. The quantitative estimate of drug-likeness (QED) is 0.638. The number of hydrogen-bond acceptors (Lipinski definition) is 3. The van der Waals surface area contributed by atoms with Crippen LogP contribution in [0.5, 0.6) is 0 Å². The van der Waals surface area contributed by atoms with Gasteiger partial charge in [0.1, 0.15) is 6.42 Å². The van der Waals surface area contributed by atoms with Gasteiger partial charge in [0, 0.05) is 0 Å². The molecule has 1 aliphatic heterocycles. The summed E-state index contributed by atoms with van der Waals surface area (Å²) in [4.78, 5) is 26.4. The van der Waals surface area contributed by atoms with Crippen LogP contribution in [0.4, 0.5) is 11.4 Å². The molecule has 0 saturated carbocycles. The minimum Gasteiger partial charge on any atom is -0.466 e. The van der Waals surface area contributed by atoms with Gasteiger partial charge in [-0.15, -0.1) is 0 Å². The summed E-state index contributed by atoms with van der Waals surface area (Å²) in [5, 5.41) is 0. The zero-order chi connectivity index (χ0) is 16.9. The van der Waals surface area contributed by atoms with Gasteiger partial charge in [-0.1, -0.05) is 36.4 Å². The van der Waals surface area contributed by atoms with Crippen LogP contribution in [-0.2, 0) is 27.2 Å². The molecule has 124 valence electrons. The molecule has 0 atom stereocenters. The van der Waals surface area contributed by atoms with Gasteiger partial charge < -0.3 is 4.74 Å². The van der Waals surface area contributed by atoms with Crippen molar-refractivity contribution in [1.29, 1.82) is 0 Å². The van der Waals surface area contributed by atoms with Crippen molar-refractivity contribution in [1.82, 2.24) is 0 Å². The van der Waals surface area contributed by atoms with E-state index in [1.165, 1.54) is 0 Å². The van der Waals surface area contributed by atoms with Gasteiger partial charge in [-0.25, -0.2) is 0 Å². The lowest BCUT2D eigenvalue weighted by molar-refractivity contribution is -0.145. The summed E-state index contributed by atoms with van der Waals surface area (Å²) < 4.78 is 4.95. The molecular weight excluding hydrogens is 302 g/mol. The Morgan fingerprint density at radius 1 is 0.958 bits per heavy atom. The summed E-state index contributed by atoms with van der Waals surface area (Å²) in [6, 6.07) is 15.8. The molecule has 0 aromatic heterocycles. The third-order valence-corrected chi connectivity index (χ3v) is 4.21. The maximum Gasteiger partial charge on any atom is 0.315 e. The fourth-order valence-corrected chi connectivity index (χ4v) is 3.16. The predicted octanol–water partition coefficient (Wildman–Crippen LogP) is 3.79. The van der Waals surface area contributed by atoms with Gasteiger partial charge in [0.25, 0.3) is 0 Å². The first kappa shape index (κ1) is 16.2. The van der Waals surface area contributed by atoms with Crippen LogP contribution in [0.3, 0.4) is 0 Å². The van der Waals surface area contributed by atoms with Crippen LogP contribution in [0.1, 0.15) is 30.9 Å². The number of ether oxygens (including phenoxy) is 1. The molecule has 1 aliphatic rings. The maximum absolute atomic E-state index is 12.9. The molecule has 24 heavy (non-hydrogen) atoms. The van der Waals surface area contributed by atoms with Crippen LogP contribution in [-0.4, -0.2) is 18.5 Å². The van der Waals surface area contributed by atoms with E-state index in [1.807, 2.05) is 48.5 Å². The molecule has 4 heteroatoms. The second kappa shape index (κ2) is 7.30. The Hall–Kier alpha value is -2.62. The van der Waals surface area contributed by atoms with Gasteiger partial charge in [0.05, 0.1) is 18.0 Å². The van der Waals surface area contributed by atoms with Gasteiger partial charge in [0.15, 0.2) is 0 Å². The van der Waals surface area contributed by atoms with E-state index in [9.17, 15) is 9.59 Å². The molecule has 0 aliphatic carbocycles. The van der Waals surface area contributed by atoms with E-state index in [0.717, 1.165) is 41.8 Å². The zero-order valence-electron chi connectivity index (χ0n) is 13.8. The van der Waals surface area contributed by atoms with E-state index in [1.54, 1.807) is 11.8 Å². The molecule has 3 rings (SSSR count). The third-order valence-electron chi connectivity index (χ3n) is 4.21. The number of benzene rings is 2. The number of fused-ring (bicyclic) bond motifs is 2. The van der Waals surface area contributed by atoms with Crippen molar-refractivity contribution in [3.8, 4) is 0 Å². The Kier molecular flexibility index (Phi) is 4.94. The van der Waals surface area contributed by atoms with Crippen molar-refractivity contribution in [3.63, 3.8) is 0 Å². The van der Waals surface area contributed by atoms with Gasteiger partial charge in [-0.3, -0.25) is 14.5 Å². The largest absolute Gasteiger partial charge is 0.466 e. The third kappa shape index (κ3) is 3.32. The second-order valence-electron chi connectivity index (χ2n) is 5.82.